The number of rotatable bonds is 5. The van der Waals surface area contributed by atoms with Crippen molar-refractivity contribution >= 4 is 0 Å². The van der Waals surface area contributed by atoms with Crippen LogP contribution in [0.3, 0.4) is 0 Å². The van der Waals surface area contributed by atoms with Crippen LogP contribution in [0.5, 0.6) is 5.75 Å². The Labute approximate surface area is 84.9 Å². The quantitative estimate of drug-likeness (QED) is 0.652. The summed E-state index contributed by atoms with van der Waals surface area (Å²) in [7, 11) is 0. The average molecular weight is 194 g/mol. The molecular formula is C11H18N2O. The molecule has 78 valence electrons. The van der Waals surface area contributed by atoms with E-state index in [1.165, 1.54) is 5.56 Å². The summed E-state index contributed by atoms with van der Waals surface area (Å²) in [5, 5.41) is 12.4. The van der Waals surface area contributed by atoms with E-state index in [4.69, 9.17) is 10.8 Å². The highest BCUT2D eigenvalue weighted by Gasteiger charge is 2.01. The van der Waals surface area contributed by atoms with Crippen molar-refractivity contribution in [3.05, 3.63) is 29.8 Å². The predicted molar refractivity (Wildman–Crippen MR) is 58.3 cm³/mol. The predicted octanol–water partition coefficient (Wildman–Crippen LogP) is 0.872. The van der Waals surface area contributed by atoms with E-state index in [0.717, 1.165) is 13.0 Å². The van der Waals surface area contributed by atoms with Crippen LogP contribution in [0.2, 0.25) is 0 Å². The van der Waals surface area contributed by atoms with Crippen LogP contribution in [0.25, 0.3) is 0 Å². The molecular weight excluding hydrogens is 176 g/mol. The SMILES string of the molecule is CC(Cc1ccc(O)cc1)NCCN. The Balaban J connectivity index is 2.39. The molecule has 0 saturated carbocycles. The summed E-state index contributed by atoms with van der Waals surface area (Å²) in [5.74, 6) is 0.316. The molecule has 3 nitrogen and oxygen atoms in total. The van der Waals surface area contributed by atoms with Crippen LogP contribution in [0, 0.1) is 0 Å². The maximum absolute atomic E-state index is 9.10. The summed E-state index contributed by atoms with van der Waals surface area (Å²) in [6.07, 6.45) is 0.959. The number of nitrogens with two attached hydrogens (primary N) is 1. The second-order valence-corrected chi connectivity index (χ2v) is 3.51. The van der Waals surface area contributed by atoms with Gasteiger partial charge in [-0.25, -0.2) is 0 Å². The number of aromatic hydroxyl groups is 1. The van der Waals surface area contributed by atoms with Gasteiger partial charge >= 0.3 is 0 Å². The standard InChI is InChI=1S/C11H18N2O/c1-9(13-7-6-12)8-10-2-4-11(14)5-3-10/h2-5,9,13-14H,6-8,12H2,1H3. The van der Waals surface area contributed by atoms with Crippen molar-refractivity contribution in [2.24, 2.45) is 5.73 Å². The highest BCUT2D eigenvalue weighted by Crippen LogP contribution is 2.10. The normalized spacial score (nSPS) is 12.7. The molecule has 1 aromatic carbocycles. The lowest BCUT2D eigenvalue weighted by Crippen LogP contribution is -2.32. The summed E-state index contributed by atoms with van der Waals surface area (Å²) in [4.78, 5) is 0. The average Bonchev–Trinajstić information content (AvgIpc) is 2.18. The van der Waals surface area contributed by atoms with Crippen LogP contribution in [0.15, 0.2) is 24.3 Å². The van der Waals surface area contributed by atoms with E-state index in [0.29, 0.717) is 18.3 Å². The molecule has 1 unspecified atom stereocenters. The minimum Gasteiger partial charge on any atom is -0.508 e. The van der Waals surface area contributed by atoms with Crippen LogP contribution >= 0.6 is 0 Å². The molecule has 14 heavy (non-hydrogen) atoms. The lowest BCUT2D eigenvalue weighted by Gasteiger charge is -2.12. The van der Waals surface area contributed by atoms with Gasteiger partial charge in [-0.2, -0.15) is 0 Å². The van der Waals surface area contributed by atoms with Crippen LogP contribution in [-0.4, -0.2) is 24.2 Å². The molecule has 0 amide bonds. The van der Waals surface area contributed by atoms with Crippen molar-refractivity contribution in [1.29, 1.82) is 0 Å². The summed E-state index contributed by atoms with van der Waals surface area (Å²) in [6, 6.07) is 7.73. The molecule has 3 heteroatoms. The fourth-order valence-electron chi connectivity index (χ4n) is 1.39. The third kappa shape index (κ3) is 3.77. The number of benzene rings is 1. The van der Waals surface area contributed by atoms with Crippen LogP contribution in [-0.2, 0) is 6.42 Å². The van der Waals surface area contributed by atoms with Crippen molar-refractivity contribution < 1.29 is 5.11 Å². The Morgan fingerprint density at radius 3 is 2.57 bits per heavy atom. The second-order valence-electron chi connectivity index (χ2n) is 3.51. The number of nitrogens with one attached hydrogen (secondary N) is 1. The molecule has 1 atom stereocenters. The third-order valence-corrected chi connectivity index (χ3v) is 2.12. The van der Waals surface area contributed by atoms with Gasteiger partial charge in [-0.3, -0.25) is 0 Å². The molecule has 1 rings (SSSR count). The first kappa shape index (κ1) is 11.0. The van der Waals surface area contributed by atoms with Gasteiger partial charge in [0.15, 0.2) is 0 Å². The van der Waals surface area contributed by atoms with E-state index in [1.54, 1.807) is 12.1 Å². The molecule has 0 aromatic heterocycles. The maximum Gasteiger partial charge on any atom is 0.115 e. The summed E-state index contributed by atoms with van der Waals surface area (Å²) in [6.45, 7) is 3.64. The molecule has 0 spiro atoms. The summed E-state index contributed by atoms with van der Waals surface area (Å²) >= 11 is 0. The first-order valence-electron chi connectivity index (χ1n) is 4.93. The van der Waals surface area contributed by atoms with Crippen molar-refractivity contribution in [3.8, 4) is 5.75 Å². The van der Waals surface area contributed by atoms with Gasteiger partial charge < -0.3 is 16.2 Å². The number of phenolic OH excluding ortho intramolecular Hbond substituents is 1. The first-order chi connectivity index (χ1) is 6.72. The molecule has 1 aromatic rings. The molecule has 0 aliphatic heterocycles. The molecule has 0 aliphatic rings. The summed E-state index contributed by atoms with van der Waals surface area (Å²) in [5.41, 5.74) is 6.62. The van der Waals surface area contributed by atoms with E-state index >= 15 is 0 Å². The van der Waals surface area contributed by atoms with Gasteiger partial charge in [0.1, 0.15) is 5.75 Å². The van der Waals surface area contributed by atoms with Crippen molar-refractivity contribution in [3.63, 3.8) is 0 Å². The van der Waals surface area contributed by atoms with E-state index < -0.39 is 0 Å². The van der Waals surface area contributed by atoms with Gasteiger partial charge in [0, 0.05) is 19.1 Å². The molecule has 4 N–H and O–H groups in total. The minimum atomic E-state index is 0.316. The highest BCUT2D eigenvalue weighted by atomic mass is 16.3. The van der Waals surface area contributed by atoms with Crippen LogP contribution in [0.1, 0.15) is 12.5 Å². The van der Waals surface area contributed by atoms with Crippen molar-refractivity contribution in [1.82, 2.24) is 5.32 Å². The van der Waals surface area contributed by atoms with Crippen molar-refractivity contribution in [2.75, 3.05) is 13.1 Å². The van der Waals surface area contributed by atoms with Crippen molar-refractivity contribution in [2.45, 2.75) is 19.4 Å². The molecule has 0 saturated heterocycles. The Kier molecular flexibility index (Phi) is 4.43. The number of hydrogen-bond acceptors (Lipinski definition) is 3. The fraction of sp³-hybridized carbons (Fsp3) is 0.455. The molecule has 0 heterocycles. The zero-order valence-corrected chi connectivity index (χ0v) is 8.53. The Hall–Kier alpha value is -1.06. The van der Waals surface area contributed by atoms with Crippen LogP contribution in [0.4, 0.5) is 0 Å². The van der Waals surface area contributed by atoms with Gasteiger partial charge in [0.25, 0.3) is 0 Å². The van der Waals surface area contributed by atoms with Crippen LogP contribution < -0.4 is 11.1 Å². The Bertz CT molecular complexity index is 258. The fourth-order valence-corrected chi connectivity index (χ4v) is 1.39. The lowest BCUT2D eigenvalue weighted by atomic mass is 10.1. The van der Waals surface area contributed by atoms with Gasteiger partial charge in [-0.05, 0) is 31.0 Å². The van der Waals surface area contributed by atoms with E-state index in [9.17, 15) is 0 Å². The largest absolute Gasteiger partial charge is 0.508 e. The number of phenols is 1. The van der Waals surface area contributed by atoms with Gasteiger partial charge in [-0.1, -0.05) is 12.1 Å². The Morgan fingerprint density at radius 1 is 1.36 bits per heavy atom. The van der Waals surface area contributed by atoms with E-state index in [1.807, 2.05) is 12.1 Å². The summed E-state index contributed by atoms with van der Waals surface area (Å²) < 4.78 is 0. The number of hydrogen-bond donors (Lipinski definition) is 3. The van der Waals surface area contributed by atoms with E-state index in [-0.39, 0.29) is 0 Å². The molecule has 0 radical (unpaired) electrons. The third-order valence-electron chi connectivity index (χ3n) is 2.12. The zero-order valence-electron chi connectivity index (χ0n) is 8.53. The van der Waals surface area contributed by atoms with E-state index in [2.05, 4.69) is 12.2 Å². The minimum absolute atomic E-state index is 0.316. The molecule has 0 aliphatic carbocycles. The monoisotopic (exact) mass is 194 g/mol. The molecule has 0 bridgehead atoms. The highest BCUT2D eigenvalue weighted by molar-refractivity contribution is 5.26. The van der Waals surface area contributed by atoms with Gasteiger partial charge in [-0.15, -0.1) is 0 Å². The first-order valence-corrected chi connectivity index (χ1v) is 4.93. The lowest BCUT2D eigenvalue weighted by molar-refractivity contribution is 0.474. The Morgan fingerprint density at radius 2 is 2.00 bits per heavy atom. The smallest absolute Gasteiger partial charge is 0.115 e. The second kappa shape index (κ2) is 5.62. The molecule has 0 fully saturated rings. The maximum atomic E-state index is 9.10. The zero-order chi connectivity index (χ0) is 10.4. The topological polar surface area (TPSA) is 58.3 Å². The van der Waals surface area contributed by atoms with Gasteiger partial charge in [0.05, 0.1) is 0 Å². The van der Waals surface area contributed by atoms with Gasteiger partial charge in [0.2, 0.25) is 0 Å².